The molecule has 1 saturated heterocycles. The van der Waals surface area contributed by atoms with Crippen molar-refractivity contribution in [3.05, 3.63) is 29.3 Å². The van der Waals surface area contributed by atoms with Gasteiger partial charge in [0.05, 0.1) is 24.8 Å². The van der Waals surface area contributed by atoms with E-state index in [0.29, 0.717) is 23.9 Å². The van der Waals surface area contributed by atoms with Crippen molar-refractivity contribution in [2.45, 2.75) is 34.6 Å². The molecule has 11 heteroatoms. The van der Waals surface area contributed by atoms with E-state index in [9.17, 15) is 9.36 Å². The molecule has 0 bridgehead atoms. The van der Waals surface area contributed by atoms with Crippen molar-refractivity contribution < 1.29 is 23.2 Å². The van der Waals surface area contributed by atoms with Crippen molar-refractivity contribution in [1.82, 2.24) is 5.32 Å². The van der Waals surface area contributed by atoms with E-state index in [1.54, 1.807) is 6.92 Å². The minimum absolute atomic E-state index is 0.0969. The highest BCUT2D eigenvalue weighted by Crippen LogP contribution is 2.61. The molecule has 0 aromatic heterocycles. The first kappa shape index (κ1) is 24.1. The first-order valence-electron chi connectivity index (χ1n) is 9.00. The molecule has 0 radical (unpaired) electrons. The number of anilines is 1. The summed E-state index contributed by atoms with van der Waals surface area (Å²) < 4.78 is 26.3. The van der Waals surface area contributed by atoms with Crippen LogP contribution in [0.25, 0.3) is 0 Å². The Hall–Kier alpha value is -1.19. The van der Waals surface area contributed by atoms with Gasteiger partial charge in [0.1, 0.15) is 5.04 Å². The summed E-state index contributed by atoms with van der Waals surface area (Å²) in [6.07, 6.45) is 1.14. The second kappa shape index (κ2) is 10.2. The summed E-state index contributed by atoms with van der Waals surface area (Å²) >= 11 is 2.49. The fourth-order valence-electron chi connectivity index (χ4n) is 2.16. The van der Waals surface area contributed by atoms with E-state index >= 15 is 0 Å². The molecule has 0 atom stereocenters. The third-order valence-electron chi connectivity index (χ3n) is 4.13. The van der Waals surface area contributed by atoms with Gasteiger partial charge in [-0.15, -0.1) is 11.8 Å². The summed E-state index contributed by atoms with van der Waals surface area (Å²) in [5, 5.41) is 6.88. The molecule has 1 aromatic rings. The first-order chi connectivity index (χ1) is 13.6. The minimum atomic E-state index is -3.58. The van der Waals surface area contributed by atoms with Crippen molar-refractivity contribution in [2.24, 2.45) is 10.6 Å². The number of aryl methyl sites for hydroxylation is 2. The fourth-order valence-corrected chi connectivity index (χ4v) is 5.57. The lowest BCUT2D eigenvalue weighted by Crippen LogP contribution is -2.34. The number of rotatable bonds is 6. The number of hydrogen-bond acceptors (Lipinski definition) is 8. The van der Waals surface area contributed by atoms with Gasteiger partial charge < -0.3 is 5.32 Å². The van der Waals surface area contributed by atoms with E-state index < -0.39 is 13.8 Å². The van der Waals surface area contributed by atoms with Crippen LogP contribution in [-0.2, 0) is 18.5 Å². The zero-order chi connectivity index (χ0) is 21.7. The smallest absolute Gasteiger partial charge is 0.309 e. The molecule has 0 spiro atoms. The van der Waals surface area contributed by atoms with Crippen molar-refractivity contribution in [1.29, 1.82) is 0 Å². The number of carbonyl (C=O) groups excluding carboxylic acids is 1. The Balaban J connectivity index is 2.12. The average molecular weight is 462 g/mol. The van der Waals surface area contributed by atoms with E-state index in [-0.39, 0.29) is 11.3 Å². The van der Waals surface area contributed by atoms with Gasteiger partial charge in [-0.1, -0.05) is 25.1 Å². The Kier molecular flexibility index (Phi) is 8.48. The predicted molar refractivity (Wildman–Crippen MR) is 120 cm³/mol. The molecule has 8 nitrogen and oxygen atoms in total. The maximum Gasteiger partial charge on any atom is 0.445 e. The lowest BCUT2D eigenvalue weighted by molar-refractivity contribution is 0.0423. The number of oxime groups is 1. The highest BCUT2D eigenvalue weighted by Gasteiger charge is 2.42. The van der Waals surface area contributed by atoms with Gasteiger partial charge in [-0.3, -0.25) is 13.9 Å². The molecule has 0 aliphatic carbocycles. The van der Waals surface area contributed by atoms with Crippen LogP contribution in [0.5, 0.6) is 0 Å². The summed E-state index contributed by atoms with van der Waals surface area (Å²) in [6, 6.07) is 5.71. The van der Waals surface area contributed by atoms with Crippen LogP contribution in [0.15, 0.2) is 23.4 Å². The summed E-state index contributed by atoms with van der Waals surface area (Å²) in [7, 11) is -3.58. The van der Waals surface area contributed by atoms with Crippen LogP contribution in [0.1, 0.15) is 31.9 Å². The van der Waals surface area contributed by atoms with Gasteiger partial charge in [0, 0.05) is 5.41 Å². The van der Waals surface area contributed by atoms with Crippen LogP contribution >= 0.6 is 31.5 Å². The number of amides is 1. The van der Waals surface area contributed by atoms with Crippen LogP contribution in [-0.4, -0.2) is 36.5 Å². The zero-order valence-corrected chi connectivity index (χ0v) is 20.1. The second-order valence-electron chi connectivity index (χ2n) is 7.36. The maximum absolute atomic E-state index is 13.4. The van der Waals surface area contributed by atoms with Crippen LogP contribution in [0.2, 0.25) is 0 Å². The third-order valence-corrected chi connectivity index (χ3v) is 8.05. The number of nitrogens with zero attached hydrogens (tertiary/aromatic N) is 2. The van der Waals surface area contributed by atoms with Crippen molar-refractivity contribution in [2.75, 3.05) is 29.4 Å². The van der Waals surface area contributed by atoms with Gasteiger partial charge in [0.2, 0.25) is 0 Å². The van der Waals surface area contributed by atoms with Gasteiger partial charge in [-0.05, 0) is 62.2 Å². The Morgan fingerprint density at radius 3 is 2.55 bits per heavy atom. The van der Waals surface area contributed by atoms with Crippen LogP contribution < -0.4 is 9.39 Å². The second-order valence-corrected chi connectivity index (χ2v) is 11.4. The van der Waals surface area contributed by atoms with Crippen LogP contribution in [0.4, 0.5) is 10.5 Å². The Morgan fingerprint density at radius 1 is 1.31 bits per heavy atom. The normalized spacial score (nSPS) is 18.2. The van der Waals surface area contributed by atoms with Crippen LogP contribution in [0.3, 0.4) is 0 Å². The van der Waals surface area contributed by atoms with Gasteiger partial charge in [0.25, 0.3) is 0 Å². The fraction of sp³-hybridized carbons (Fsp3) is 0.556. The van der Waals surface area contributed by atoms with Crippen molar-refractivity contribution in [3.63, 3.8) is 0 Å². The Morgan fingerprint density at radius 2 is 1.97 bits per heavy atom. The summed E-state index contributed by atoms with van der Waals surface area (Å²) in [5.74, 6) is 0.0969. The molecule has 2 rings (SSSR count). The highest BCUT2D eigenvalue weighted by molar-refractivity contribution is 8.13. The predicted octanol–water partition coefficient (Wildman–Crippen LogP) is 5.32. The molecular weight excluding hydrogens is 433 g/mol. The quantitative estimate of drug-likeness (QED) is 0.116. The summed E-state index contributed by atoms with van der Waals surface area (Å²) in [4.78, 5) is 16.6. The molecule has 0 unspecified atom stereocenters. The minimum Gasteiger partial charge on any atom is -0.309 e. The van der Waals surface area contributed by atoms with Gasteiger partial charge in [-0.25, -0.2) is 13.4 Å². The van der Waals surface area contributed by atoms with Gasteiger partial charge in [-0.2, -0.15) is 0 Å². The van der Waals surface area contributed by atoms with Crippen molar-refractivity contribution >= 4 is 48.3 Å². The molecule has 1 aromatic carbocycles. The van der Waals surface area contributed by atoms with Crippen LogP contribution in [0, 0.1) is 19.3 Å². The molecule has 0 saturated carbocycles. The number of benzene rings is 1. The maximum atomic E-state index is 13.4. The van der Waals surface area contributed by atoms with E-state index in [1.165, 1.54) is 15.8 Å². The molecule has 29 heavy (non-hydrogen) atoms. The number of hydrogen-bond donors (Lipinski definition) is 1. The zero-order valence-electron chi connectivity index (χ0n) is 17.6. The lowest BCUT2D eigenvalue weighted by atomic mass is 9.97. The molecule has 1 amide bonds. The number of carbonyl (C=O) groups is 1. The molecule has 1 fully saturated rings. The lowest BCUT2D eigenvalue weighted by Gasteiger charge is -2.38. The molecule has 1 aliphatic rings. The van der Waals surface area contributed by atoms with E-state index in [0.717, 1.165) is 23.1 Å². The van der Waals surface area contributed by atoms with Gasteiger partial charge >= 0.3 is 13.8 Å². The number of nitrogens with one attached hydrogen (secondary N) is 1. The highest BCUT2D eigenvalue weighted by atomic mass is 32.2. The Labute approximate surface area is 180 Å². The molecule has 1 aliphatic heterocycles. The Bertz CT molecular complexity index is 805. The standard InChI is InChI=1S/C18H28N3O5PS2/c1-13-7-8-16(9-14(13)2)21(27(23)24-10-18(4,5)11-25-27)29-12-19-17(22)26-20-15(3)28-6/h7-9H,10-12H2,1-6H3,(H,19,22). The third kappa shape index (κ3) is 6.93. The first-order valence-corrected chi connectivity index (χ1v) is 12.7. The van der Waals surface area contributed by atoms with E-state index in [4.69, 9.17) is 13.9 Å². The SMILES string of the molecule is CSC(C)=NOC(=O)NCSN(c1ccc(C)c(C)c1)P1(=O)OCC(C)(C)CO1. The average Bonchev–Trinajstić information content (AvgIpc) is 2.68. The van der Waals surface area contributed by atoms with Gasteiger partial charge in [0.15, 0.2) is 0 Å². The molecule has 162 valence electrons. The topological polar surface area (TPSA) is 89.5 Å². The van der Waals surface area contributed by atoms with Crippen molar-refractivity contribution in [3.8, 4) is 0 Å². The monoisotopic (exact) mass is 461 g/mol. The largest absolute Gasteiger partial charge is 0.445 e. The summed E-state index contributed by atoms with van der Waals surface area (Å²) in [5.41, 5.74) is 2.62. The molecular formula is C18H28N3O5PS2. The summed E-state index contributed by atoms with van der Waals surface area (Å²) in [6.45, 7) is 10.3. The number of thioether (sulfide) groups is 1. The molecule has 1 N–H and O–H groups in total. The molecule has 1 heterocycles. The van der Waals surface area contributed by atoms with E-state index in [1.807, 2.05) is 52.1 Å². The van der Waals surface area contributed by atoms with E-state index in [2.05, 4.69) is 10.5 Å².